The molecule has 1 aliphatic heterocycles. The Labute approximate surface area is 224 Å². The molecule has 0 saturated heterocycles. The van der Waals surface area contributed by atoms with Crippen molar-refractivity contribution < 1.29 is 36.3 Å². The molecule has 2 fully saturated rings. The van der Waals surface area contributed by atoms with E-state index in [1.807, 2.05) is 0 Å². The van der Waals surface area contributed by atoms with Gasteiger partial charge in [-0.2, -0.15) is 13.2 Å². The molecule has 4 N–H and O–H groups in total. The van der Waals surface area contributed by atoms with Crippen molar-refractivity contribution in [1.29, 1.82) is 0 Å². The SMILES string of the molecule is CC(O)(c1ccc(NC(=O)C2c3ccc(S(=O)(=O)CC4CC4)cc3CN2C(=O)C(N)C2CC2)cc1)C(F)(F)F. The van der Waals surface area contributed by atoms with Crippen LogP contribution in [-0.4, -0.2) is 48.2 Å². The molecule has 0 bridgehead atoms. The van der Waals surface area contributed by atoms with E-state index in [2.05, 4.69) is 5.32 Å². The van der Waals surface area contributed by atoms with E-state index in [1.165, 1.54) is 29.2 Å². The fourth-order valence-electron chi connectivity index (χ4n) is 4.90. The predicted molar refractivity (Wildman–Crippen MR) is 136 cm³/mol. The number of nitrogens with one attached hydrogen (secondary N) is 1. The van der Waals surface area contributed by atoms with Gasteiger partial charge >= 0.3 is 6.18 Å². The third-order valence-electron chi connectivity index (χ3n) is 7.79. The van der Waals surface area contributed by atoms with Crippen molar-refractivity contribution in [1.82, 2.24) is 4.90 Å². The topological polar surface area (TPSA) is 130 Å². The summed E-state index contributed by atoms with van der Waals surface area (Å²) in [5, 5.41) is 12.5. The summed E-state index contributed by atoms with van der Waals surface area (Å²) in [7, 11) is -3.52. The number of halogens is 3. The molecule has 3 atom stereocenters. The van der Waals surface area contributed by atoms with Gasteiger partial charge in [-0.25, -0.2) is 8.42 Å². The molecule has 3 aliphatic rings. The summed E-state index contributed by atoms with van der Waals surface area (Å²) >= 11 is 0. The van der Waals surface area contributed by atoms with Crippen molar-refractivity contribution >= 4 is 27.3 Å². The zero-order chi connectivity index (χ0) is 28.3. The highest BCUT2D eigenvalue weighted by Gasteiger charge is 2.51. The van der Waals surface area contributed by atoms with Crippen molar-refractivity contribution in [3.8, 4) is 0 Å². The van der Waals surface area contributed by atoms with Crippen molar-refractivity contribution in [2.45, 2.75) is 67.9 Å². The van der Waals surface area contributed by atoms with Gasteiger partial charge in [-0.05, 0) is 85.4 Å². The quantitative estimate of drug-likeness (QED) is 0.450. The molecule has 2 amide bonds. The molecular formula is C27H30F3N3O5S. The number of aliphatic hydroxyl groups is 1. The van der Waals surface area contributed by atoms with Gasteiger partial charge in [0.15, 0.2) is 15.4 Å². The van der Waals surface area contributed by atoms with Crippen LogP contribution < -0.4 is 11.1 Å². The van der Waals surface area contributed by atoms with Gasteiger partial charge in [-0.15, -0.1) is 0 Å². The van der Waals surface area contributed by atoms with Crippen LogP contribution in [0.5, 0.6) is 0 Å². The minimum atomic E-state index is -4.89. The number of hydrogen-bond donors (Lipinski definition) is 3. The lowest BCUT2D eigenvalue weighted by atomic mass is 9.95. The summed E-state index contributed by atoms with van der Waals surface area (Å²) in [5.41, 5.74) is 3.86. The van der Waals surface area contributed by atoms with Crippen LogP contribution in [0.4, 0.5) is 18.9 Å². The Bertz CT molecular complexity index is 1400. The number of benzene rings is 2. The highest BCUT2D eigenvalue weighted by atomic mass is 32.2. The molecule has 39 heavy (non-hydrogen) atoms. The van der Waals surface area contributed by atoms with Gasteiger partial charge in [0, 0.05) is 12.2 Å². The average Bonchev–Trinajstić information content (AvgIpc) is 3.80. The van der Waals surface area contributed by atoms with E-state index in [1.54, 1.807) is 6.07 Å². The van der Waals surface area contributed by atoms with Gasteiger partial charge in [0.25, 0.3) is 5.91 Å². The van der Waals surface area contributed by atoms with Crippen LogP contribution in [0.3, 0.4) is 0 Å². The molecule has 8 nitrogen and oxygen atoms in total. The zero-order valence-electron chi connectivity index (χ0n) is 21.2. The second kappa shape index (κ2) is 9.60. The number of carbonyl (C=O) groups excluding carboxylic acids is 2. The van der Waals surface area contributed by atoms with Crippen molar-refractivity contribution in [2.24, 2.45) is 17.6 Å². The molecule has 3 unspecified atom stereocenters. The minimum Gasteiger partial charge on any atom is -0.376 e. The molecule has 0 spiro atoms. The Morgan fingerprint density at radius 2 is 1.74 bits per heavy atom. The van der Waals surface area contributed by atoms with E-state index < -0.39 is 51.1 Å². The van der Waals surface area contributed by atoms with Crippen molar-refractivity contribution in [3.05, 3.63) is 59.2 Å². The summed E-state index contributed by atoms with van der Waals surface area (Å²) in [6, 6.07) is 7.20. The van der Waals surface area contributed by atoms with Crippen LogP contribution in [0.15, 0.2) is 47.4 Å². The molecule has 210 valence electrons. The molecule has 1 heterocycles. The highest BCUT2D eigenvalue weighted by Crippen LogP contribution is 2.41. The largest absolute Gasteiger partial charge is 0.421 e. The summed E-state index contributed by atoms with van der Waals surface area (Å²) in [4.78, 5) is 28.3. The fourth-order valence-corrected chi connectivity index (χ4v) is 6.65. The Hall–Kier alpha value is -2.96. The van der Waals surface area contributed by atoms with Crippen LogP contribution >= 0.6 is 0 Å². The standard InChI is InChI=1S/C27H30F3N3O5S/c1-26(36,27(28,29)30)18-6-8-19(9-7-18)32-24(34)23-21-11-10-20(39(37,38)14-15-2-3-15)12-17(21)13-33(23)25(35)22(31)16-4-5-16/h6-12,15-16,22-23,36H,2-5,13-14,31H2,1H3,(H,32,34). The van der Waals surface area contributed by atoms with Crippen LogP contribution in [0.2, 0.25) is 0 Å². The van der Waals surface area contributed by atoms with E-state index in [0.717, 1.165) is 37.8 Å². The Morgan fingerprint density at radius 3 is 2.31 bits per heavy atom. The molecule has 0 radical (unpaired) electrons. The first-order valence-electron chi connectivity index (χ1n) is 12.8. The molecule has 5 rings (SSSR count). The van der Waals surface area contributed by atoms with Gasteiger partial charge in [-0.1, -0.05) is 18.2 Å². The number of carbonyl (C=O) groups is 2. The van der Waals surface area contributed by atoms with E-state index >= 15 is 0 Å². The molecule has 2 aromatic carbocycles. The maximum Gasteiger partial charge on any atom is 0.421 e. The first kappa shape index (κ1) is 27.6. The van der Waals surface area contributed by atoms with E-state index in [4.69, 9.17) is 5.73 Å². The fraction of sp³-hybridized carbons (Fsp3) is 0.481. The molecule has 12 heteroatoms. The lowest BCUT2D eigenvalue weighted by Gasteiger charge is -2.28. The van der Waals surface area contributed by atoms with Gasteiger partial charge in [-0.3, -0.25) is 9.59 Å². The van der Waals surface area contributed by atoms with E-state index in [-0.39, 0.29) is 34.7 Å². The Balaban J connectivity index is 1.42. The van der Waals surface area contributed by atoms with Gasteiger partial charge in [0.1, 0.15) is 6.04 Å². The zero-order valence-corrected chi connectivity index (χ0v) is 22.1. The monoisotopic (exact) mass is 565 g/mol. The number of nitrogens with two attached hydrogens (primary N) is 1. The molecule has 2 saturated carbocycles. The number of sulfone groups is 1. The third-order valence-corrected chi connectivity index (χ3v) is 9.67. The van der Waals surface area contributed by atoms with Crippen LogP contribution in [0.25, 0.3) is 0 Å². The maximum absolute atomic E-state index is 13.5. The molecular weight excluding hydrogens is 535 g/mol. The highest BCUT2D eigenvalue weighted by molar-refractivity contribution is 7.91. The predicted octanol–water partition coefficient (Wildman–Crippen LogP) is 3.40. The summed E-state index contributed by atoms with van der Waals surface area (Å²) in [5.74, 6) is -0.805. The number of hydrogen-bond acceptors (Lipinski definition) is 6. The van der Waals surface area contributed by atoms with Crippen LogP contribution in [0, 0.1) is 11.8 Å². The Kier molecular flexibility index (Phi) is 6.79. The second-order valence-corrected chi connectivity index (χ2v) is 13.0. The normalized spacial score (nSPS) is 21.7. The molecule has 0 aromatic heterocycles. The molecule has 2 aromatic rings. The number of anilines is 1. The number of fused-ring (bicyclic) bond motifs is 1. The first-order valence-corrected chi connectivity index (χ1v) is 14.5. The van der Waals surface area contributed by atoms with E-state index in [0.29, 0.717) is 18.1 Å². The minimum absolute atomic E-state index is 0.00680. The number of amides is 2. The van der Waals surface area contributed by atoms with Gasteiger partial charge in [0.05, 0.1) is 16.7 Å². The van der Waals surface area contributed by atoms with Crippen LogP contribution in [0.1, 0.15) is 55.3 Å². The summed E-state index contributed by atoms with van der Waals surface area (Å²) in [6.45, 7) is 0.647. The number of nitrogens with zero attached hydrogens (tertiary/aromatic N) is 1. The summed E-state index contributed by atoms with van der Waals surface area (Å²) in [6.07, 6.45) is -1.52. The lowest BCUT2D eigenvalue weighted by molar-refractivity contribution is -0.258. The van der Waals surface area contributed by atoms with Crippen LogP contribution in [-0.2, 0) is 31.6 Å². The molecule has 2 aliphatic carbocycles. The third kappa shape index (κ3) is 5.42. The first-order chi connectivity index (χ1) is 18.2. The summed E-state index contributed by atoms with van der Waals surface area (Å²) < 4.78 is 65.3. The van der Waals surface area contributed by atoms with Gasteiger partial charge in [0.2, 0.25) is 5.91 Å². The number of alkyl halides is 3. The second-order valence-electron chi connectivity index (χ2n) is 11.0. The van der Waals surface area contributed by atoms with Gasteiger partial charge < -0.3 is 21.1 Å². The Morgan fingerprint density at radius 1 is 1.10 bits per heavy atom. The maximum atomic E-state index is 13.5. The average molecular weight is 566 g/mol. The number of rotatable bonds is 8. The van der Waals surface area contributed by atoms with Crippen molar-refractivity contribution in [2.75, 3.05) is 11.1 Å². The van der Waals surface area contributed by atoms with Crippen molar-refractivity contribution in [3.63, 3.8) is 0 Å². The lowest BCUT2D eigenvalue weighted by Crippen LogP contribution is -2.46. The van der Waals surface area contributed by atoms with E-state index in [9.17, 15) is 36.3 Å². The smallest absolute Gasteiger partial charge is 0.376 e.